The van der Waals surface area contributed by atoms with E-state index in [1.54, 1.807) is 0 Å². The maximum absolute atomic E-state index is 2.45. The standard InChI is InChI=1S/C32H41/c1-23(24-15-17-26(18-16-24)25-13-11-10-12-14-25)22-32(8,9)29-20-27(30(2,3)4)19-28(21-29)31(5,6)7/h10-21H,22H2,1-9H3. The minimum atomic E-state index is 0.0590. The van der Waals surface area contributed by atoms with Crippen molar-refractivity contribution in [3.8, 4) is 11.1 Å². The predicted molar refractivity (Wildman–Crippen MR) is 141 cm³/mol. The summed E-state index contributed by atoms with van der Waals surface area (Å²) in [6.07, 6.45) is 1.04. The third-order valence-electron chi connectivity index (χ3n) is 6.64. The van der Waals surface area contributed by atoms with Gasteiger partial charge in [-0.05, 0) is 56.0 Å². The molecule has 32 heavy (non-hydrogen) atoms. The van der Waals surface area contributed by atoms with E-state index in [-0.39, 0.29) is 16.2 Å². The molecule has 0 aliphatic heterocycles. The van der Waals surface area contributed by atoms with Crippen molar-refractivity contribution in [2.75, 3.05) is 0 Å². The quantitative estimate of drug-likeness (QED) is 0.382. The molecule has 0 aliphatic rings. The second-order valence-corrected chi connectivity index (χ2v) is 12.1. The fourth-order valence-corrected chi connectivity index (χ4v) is 4.33. The van der Waals surface area contributed by atoms with Crippen LogP contribution in [0.4, 0.5) is 0 Å². The summed E-state index contributed by atoms with van der Waals surface area (Å²) >= 11 is 0. The zero-order valence-corrected chi connectivity index (χ0v) is 21.6. The van der Waals surface area contributed by atoms with Crippen LogP contribution in [0.3, 0.4) is 0 Å². The van der Waals surface area contributed by atoms with Crippen molar-refractivity contribution < 1.29 is 0 Å². The molecule has 1 radical (unpaired) electrons. The Labute approximate surface area is 197 Å². The molecule has 0 saturated heterocycles. The van der Waals surface area contributed by atoms with Gasteiger partial charge in [-0.3, -0.25) is 0 Å². The first-order valence-corrected chi connectivity index (χ1v) is 11.9. The first-order chi connectivity index (χ1) is 14.8. The van der Waals surface area contributed by atoms with Crippen LogP contribution < -0.4 is 0 Å². The van der Waals surface area contributed by atoms with Crippen LogP contribution in [-0.4, -0.2) is 0 Å². The summed E-state index contributed by atoms with van der Waals surface area (Å²) in [5, 5.41) is 0. The molecular formula is C32H41. The molecule has 169 valence electrons. The lowest BCUT2D eigenvalue weighted by Gasteiger charge is -2.33. The summed E-state index contributed by atoms with van der Waals surface area (Å²) in [5.41, 5.74) is 8.51. The zero-order valence-electron chi connectivity index (χ0n) is 21.6. The lowest BCUT2D eigenvalue weighted by molar-refractivity contribution is 0.490. The van der Waals surface area contributed by atoms with Crippen molar-refractivity contribution in [3.05, 3.63) is 101 Å². The number of benzene rings is 3. The van der Waals surface area contributed by atoms with E-state index in [2.05, 4.69) is 135 Å². The summed E-state index contributed by atoms with van der Waals surface area (Å²) < 4.78 is 0. The van der Waals surface area contributed by atoms with Gasteiger partial charge in [-0.1, -0.05) is 135 Å². The predicted octanol–water partition coefficient (Wildman–Crippen LogP) is 9.26. The third kappa shape index (κ3) is 5.71. The van der Waals surface area contributed by atoms with E-state index < -0.39 is 0 Å². The van der Waals surface area contributed by atoms with E-state index in [1.807, 2.05) is 0 Å². The Hall–Kier alpha value is -2.34. The highest BCUT2D eigenvalue weighted by Gasteiger charge is 2.28. The molecule has 0 spiro atoms. The van der Waals surface area contributed by atoms with Gasteiger partial charge in [0.25, 0.3) is 0 Å². The molecular weight excluding hydrogens is 384 g/mol. The molecule has 0 unspecified atom stereocenters. The molecule has 3 rings (SSSR count). The van der Waals surface area contributed by atoms with E-state index in [4.69, 9.17) is 0 Å². The summed E-state index contributed by atoms with van der Waals surface area (Å²) in [5.74, 6) is 1.44. The zero-order chi connectivity index (χ0) is 23.7. The molecule has 0 nitrogen and oxygen atoms in total. The highest BCUT2D eigenvalue weighted by atomic mass is 14.3. The van der Waals surface area contributed by atoms with Crippen LogP contribution in [-0.2, 0) is 16.2 Å². The average Bonchev–Trinajstić information content (AvgIpc) is 2.72. The van der Waals surface area contributed by atoms with E-state index in [1.165, 1.54) is 39.3 Å². The maximum Gasteiger partial charge on any atom is 0.00275 e. The lowest BCUT2D eigenvalue weighted by atomic mass is 9.71. The van der Waals surface area contributed by atoms with E-state index in [9.17, 15) is 0 Å². The minimum absolute atomic E-state index is 0.0590. The number of hydrogen-bond acceptors (Lipinski definition) is 0. The van der Waals surface area contributed by atoms with Crippen LogP contribution in [0.2, 0.25) is 0 Å². The van der Waals surface area contributed by atoms with Gasteiger partial charge in [0.1, 0.15) is 0 Å². The van der Waals surface area contributed by atoms with E-state index >= 15 is 0 Å². The molecule has 0 saturated carbocycles. The Morgan fingerprint density at radius 3 is 1.47 bits per heavy atom. The molecule has 0 atom stereocenters. The normalized spacial score (nSPS) is 12.9. The third-order valence-corrected chi connectivity index (χ3v) is 6.64. The van der Waals surface area contributed by atoms with Gasteiger partial charge in [-0.25, -0.2) is 0 Å². The van der Waals surface area contributed by atoms with E-state index in [0.29, 0.717) is 0 Å². The van der Waals surface area contributed by atoms with Gasteiger partial charge < -0.3 is 0 Å². The Morgan fingerprint density at radius 2 is 1.00 bits per heavy atom. The topological polar surface area (TPSA) is 0 Å². The molecule has 0 bridgehead atoms. The Bertz CT molecular complexity index is 990. The lowest BCUT2D eigenvalue weighted by Crippen LogP contribution is -2.24. The molecule has 0 fully saturated rings. The Kier molecular flexibility index (Phi) is 6.75. The molecule has 0 N–H and O–H groups in total. The summed E-state index contributed by atoms with van der Waals surface area (Å²) in [4.78, 5) is 0. The second-order valence-electron chi connectivity index (χ2n) is 12.1. The van der Waals surface area contributed by atoms with Gasteiger partial charge in [0, 0.05) is 5.92 Å². The van der Waals surface area contributed by atoms with Crippen molar-refractivity contribution in [2.24, 2.45) is 0 Å². The van der Waals surface area contributed by atoms with Crippen LogP contribution in [0.5, 0.6) is 0 Å². The molecule has 3 aromatic carbocycles. The smallest absolute Gasteiger partial charge is 0.00275 e. The fraction of sp³-hybridized carbons (Fsp3) is 0.406. The monoisotopic (exact) mass is 425 g/mol. The van der Waals surface area contributed by atoms with Crippen molar-refractivity contribution in [1.29, 1.82) is 0 Å². The molecule has 0 aromatic heterocycles. The van der Waals surface area contributed by atoms with Gasteiger partial charge in [-0.15, -0.1) is 0 Å². The Morgan fingerprint density at radius 1 is 0.562 bits per heavy atom. The second kappa shape index (κ2) is 8.89. The maximum atomic E-state index is 2.45. The first kappa shape index (κ1) is 24.3. The summed E-state index contributed by atoms with van der Waals surface area (Å²) in [6.45, 7) is 21.0. The van der Waals surface area contributed by atoms with Gasteiger partial charge in [-0.2, -0.15) is 0 Å². The van der Waals surface area contributed by atoms with Gasteiger partial charge in [0.2, 0.25) is 0 Å². The summed E-state index contributed by atoms with van der Waals surface area (Å²) in [7, 11) is 0. The van der Waals surface area contributed by atoms with Gasteiger partial charge in [0.15, 0.2) is 0 Å². The van der Waals surface area contributed by atoms with Crippen molar-refractivity contribution in [3.63, 3.8) is 0 Å². The van der Waals surface area contributed by atoms with Crippen LogP contribution in [0.25, 0.3) is 11.1 Å². The number of hydrogen-bond donors (Lipinski definition) is 0. The molecule has 0 heteroatoms. The highest BCUT2D eigenvalue weighted by molar-refractivity contribution is 5.64. The molecule has 0 aliphatic carbocycles. The van der Waals surface area contributed by atoms with Crippen molar-refractivity contribution in [1.82, 2.24) is 0 Å². The average molecular weight is 426 g/mol. The number of rotatable bonds is 5. The Balaban J connectivity index is 1.88. The van der Waals surface area contributed by atoms with Crippen LogP contribution in [0, 0.1) is 5.92 Å². The van der Waals surface area contributed by atoms with Crippen LogP contribution in [0.15, 0.2) is 72.8 Å². The van der Waals surface area contributed by atoms with Crippen LogP contribution in [0.1, 0.15) is 91.0 Å². The van der Waals surface area contributed by atoms with Crippen molar-refractivity contribution >= 4 is 0 Å². The summed E-state index contributed by atoms with van der Waals surface area (Å²) in [6, 6.07) is 27.0. The van der Waals surface area contributed by atoms with Crippen LogP contribution >= 0.6 is 0 Å². The fourth-order valence-electron chi connectivity index (χ4n) is 4.33. The van der Waals surface area contributed by atoms with Gasteiger partial charge in [0.05, 0.1) is 0 Å². The highest BCUT2D eigenvalue weighted by Crippen LogP contribution is 2.39. The molecule has 0 amide bonds. The van der Waals surface area contributed by atoms with Crippen molar-refractivity contribution in [2.45, 2.75) is 85.0 Å². The first-order valence-electron chi connectivity index (χ1n) is 11.9. The largest absolute Gasteiger partial charge is 0.0622 e. The molecule has 3 aromatic rings. The minimum Gasteiger partial charge on any atom is -0.0622 e. The van der Waals surface area contributed by atoms with E-state index in [0.717, 1.165) is 6.42 Å². The molecule has 0 heterocycles. The SMILES string of the molecule is C[C](CC(C)(C)c1cc(C(C)(C)C)cc(C(C)(C)C)c1)c1ccc(-c2ccccc2)cc1. The van der Waals surface area contributed by atoms with Gasteiger partial charge >= 0.3 is 0 Å².